The average Bonchev–Trinajstić information content (AvgIpc) is 2.75. The van der Waals surface area contributed by atoms with Gasteiger partial charge in [-0.1, -0.05) is 18.2 Å². The predicted molar refractivity (Wildman–Crippen MR) is 120 cm³/mol. The quantitative estimate of drug-likeness (QED) is 0.686. The van der Waals surface area contributed by atoms with E-state index < -0.39 is 10.0 Å². The van der Waals surface area contributed by atoms with E-state index in [-0.39, 0.29) is 35.7 Å². The molecule has 2 N–H and O–H groups in total. The number of nitrogens with one attached hydrogen (secondary N) is 2. The van der Waals surface area contributed by atoms with Gasteiger partial charge in [-0.15, -0.1) is 0 Å². The summed E-state index contributed by atoms with van der Waals surface area (Å²) in [6, 6.07) is 13.5. The van der Waals surface area contributed by atoms with E-state index >= 15 is 0 Å². The fourth-order valence-corrected chi connectivity index (χ4v) is 4.75. The molecule has 0 saturated carbocycles. The number of anilines is 1. The summed E-state index contributed by atoms with van der Waals surface area (Å²) in [6.45, 7) is 4.68. The first-order valence-electron chi connectivity index (χ1n) is 10.5. The van der Waals surface area contributed by atoms with Crippen molar-refractivity contribution in [3.05, 3.63) is 59.7 Å². The largest absolute Gasteiger partial charge is 0.336 e. The number of piperidine rings is 1. The summed E-state index contributed by atoms with van der Waals surface area (Å²) >= 11 is 0. The Morgan fingerprint density at radius 1 is 1.10 bits per heavy atom. The van der Waals surface area contributed by atoms with Gasteiger partial charge in [0, 0.05) is 36.8 Å². The third-order valence-electron chi connectivity index (χ3n) is 5.51. The molecule has 1 fully saturated rings. The van der Waals surface area contributed by atoms with Crippen LogP contribution in [0.1, 0.15) is 48.5 Å². The lowest BCUT2D eigenvalue weighted by Crippen LogP contribution is -2.42. The molecule has 0 aliphatic carbocycles. The van der Waals surface area contributed by atoms with Gasteiger partial charge in [0.1, 0.15) is 0 Å². The smallest absolute Gasteiger partial charge is 0.254 e. The Morgan fingerprint density at radius 3 is 2.52 bits per heavy atom. The number of hydrogen-bond donors (Lipinski definition) is 2. The number of aryl methyl sites for hydroxylation is 1. The molecule has 1 atom stereocenters. The van der Waals surface area contributed by atoms with Crippen LogP contribution in [0.4, 0.5) is 5.69 Å². The molecule has 1 saturated heterocycles. The first-order valence-corrected chi connectivity index (χ1v) is 12.0. The molecule has 0 aromatic heterocycles. The van der Waals surface area contributed by atoms with Crippen molar-refractivity contribution in [3.63, 3.8) is 0 Å². The Bertz CT molecular complexity index is 1040. The van der Waals surface area contributed by atoms with Gasteiger partial charge in [0.05, 0.1) is 4.90 Å². The third-order valence-corrected chi connectivity index (χ3v) is 6.99. The van der Waals surface area contributed by atoms with Gasteiger partial charge in [0.2, 0.25) is 15.9 Å². The molecule has 3 rings (SSSR count). The molecule has 0 bridgehead atoms. The van der Waals surface area contributed by atoms with E-state index in [0.29, 0.717) is 11.3 Å². The average molecular weight is 444 g/mol. The number of benzene rings is 2. The van der Waals surface area contributed by atoms with E-state index in [2.05, 4.69) is 17.0 Å². The van der Waals surface area contributed by atoms with Crippen LogP contribution in [-0.2, 0) is 14.8 Å². The van der Waals surface area contributed by atoms with Crippen LogP contribution < -0.4 is 10.0 Å². The molecule has 2 aromatic rings. The summed E-state index contributed by atoms with van der Waals surface area (Å²) in [6.07, 6.45) is 3.19. The number of carbonyl (C=O) groups excluding carboxylic acids is 2. The fraction of sp³-hybridized carbons (Fsp3) is 0.391. The molecule has 1 unspecified atom stereocenters. The molecule has 7 nitrogen and oxygen atoms in total. The Kier molecular flexibility index (Phi) is 7.46. The van der Waals surface area contributed by atoms with Gasteiger partial charge < -0.3 is 10.2 Å². The highest BCUT2D eigenvalue weighted by Crippen LogP contribution is 2.22. The molecule has 0 spiro atoms. The zero-order valence-corrected chi connectivity index (χ0v) is 18.7. The minimum atomic E-state index is -3.64. The van der Waals surface area contributed by atoms with Crippen LogP contribution in [0.2, 0.25) is 0 Å². The molecular weight excluding hydrogens is 414 g/mol. The number of amides is 2. The van der Waals surface area contributed by atoms with Gasteiger partial charge >= 0.3 is 0 Å². The fourth-order valence-electron chi connectivity index (χ4n) is 3.70. The van der Waals surface area contributed by atoms with Crippen LogP contribution in [-0.4, -0.2) is 44.3 Å². The zero-order valence-electron chi connectivity index (χ0n) is 17.9. The van der Waals surface area contributed by atoms with E-state index in [1.54, 1.807) is 36.4 Å². The lowest BCUT2D eigenvalue weighted by molar-refractivity contribution is -0.116. The van der Waals surface area contributed by atoms with Crippen molar-refractivity contribution in [1.82, 2.24) is 9.62 Å². The number of hydrogen-bond acceptors (Lipinski definition) is 4. The Labute approximate surface area is 183 Å². The lowest BCUT2D eigenvalue weighted by atomic mass is 10.0. The summed E-state index contributed by atoms with van der Waals surface area (Å²) in [5.74, 6) is -0.286. The Balaban J connectivity index is 1.55. The van der Waals surface area contributed by atoms with Crippen LogP contribution in [0.5, 0.6) is 0 Å². The molecule has 166 valence electrons. The number of likely N-dealkylation sites (tertiary alicyclic amines) is 1. The van der Waals surface area contributed by atoms with Crippen molar-refractivity contribution < 1.29 is 18.0 Å². The van der Waals surface area contributed by atoms with Gasteiger partial charge in [0.25, 0.3) is 5.91 Å². The molecule has 1 heterocycles. The number of carbonyl (C=O) groups is 2. The van der Waals surface area contributed by atoms with Crippen molar-refractivity contribution in [2.24, 2.45) is 0 Å². The standard InChI is InChI=1S/C23H29N3O4S/c1-17-16-19(23(28)26-15-7-6-8-18(26)2)11-12-21(17)25-22(27)13-14-24-31(29,30)20-9-4-3-5-10-20/h3-5,9-12,16,18,24H,6-8,13-15H2,1-2H3,(H,25,27). The first-order chi connectivity index (χ1) is 14.8. The molecule has 1 aliphatic heterocycles. The lowest BCUT2D eigenvalue weighted by Gasteiger charge is -2.33. The van der Waals surface area contributed by atoms with Crippen LogP contribution >= 0.6 is 0 Å². The van der Waals surface area contributed by atoms with Gasteiger partial charge in [-0.2, -0.15) is 0 Å². The summed E-state index contributed by atoms with van der Waals surface area (Å²) in [4.78, 5) is 27.2. The van der Waals surface area contributed by atoms with Crippen LogP contribution in [0.25, 0.3) is 0 Å². The Morgan fingerprint density at radius 2 is 1.84 bits per heavy atom. The van der Waals surface area contributed by atoms with Crippen LogP contribution in [0.15, 0.2) is 53.4 Å². The number of rotatable bonds is 7. The van der Waals surface area contributed by atoms with Crippen molar-refractivity contribution >= 4 is 27.5 Å². The van der Waals surface area contributed by atoms with Crippen LogP contribution in [0, 0.1) is 6.92 Å². The molecule has 1 aliphatic rings. The molecule has 2 amide bonds. The maximum absolute atomic E-state index is 12.8. The second-order valence-electron chi connectivity index (χ2n) is 7.88. The maximum atomic E-state index is 12.8. The van der Waals surface area contributed by atoms with Gasteiger partial charge in [-0.05, 0) is 69.0 Å². The number of sulfonamides is 1. The van der Waals surface area contributed by atoms with Crippen molar-refractivity contribution in [1.29, 1.82) is 0 Å². The van der Waals surface area contributed by atoms with E-state index in [0.717, 1.165) is 31.4 Å². The second-order valence-corrected chi connectivity index (χ2v) is 9.65. The summed E-state index contributed by atoms with van der Waals surface area (Å²) in [5, 5.41) is 2.79. The van der Waals surface area contributed by atoms with E-state index in [1.807, 2.05) is 11.8 Å². The van der Waals surface area contributed by atoms with E-state index in [4.69, 9.17) is 0 Å². The summed E-state index contributed by atoms with van der Waals surface area (Å²) < 4.78 is 26.8. The summed E-state index contributed by atoms with van der Waals surface area (Å²) in [5.41, 5.74) is 2.01. The summed E-state index contributed by atoms with van der Waals surface area (Å²) in [7, 11) is -3.64. The highest BCUT2D eigenvalue weighted by atomic mass is 32.2. The topological polar surface area (TPSA) is 95.6 Å². The van der Waals surface area contributed by atoms with Crippen molar-refractivity contribution in [3.8, 4) is 0 Å². The van der Waals surface area contributed by atoms with Crippen LogP contribution in [0.3, 0.4) is 0 Å². The highest BCUT2D eigenvalue weighted by molar-refractivity contribution is 7.89. The monoisotopic (exact) mass is 443 g/mol. The minimum absolute atomic E-state index is 0.00250. The number of nitrogens with zero attached hydrogens (tertiary/aromatic N) is 1. The highest BCUT2D eigenvalue weighted by Gasteiger charge is 2.24. The third kappa shape index (κ3) is 5.92. The zero-order chi connectivity index (χ0) is 22.4. The van der Waals surface area contributed by atoms with E-state index in [9.17, 15) is 18.0 Å². The first kappa shape index (κ1) is 23.0. The molecule has 8 heteroatoms. The van der Waals surface area contributed by atoms with Gasteiger partial charge in [0.15, 0.2) is 0 Å². The second kappa shape index (κ2) is 10.1. The SMILES string of the molecule is Cc1cc(C(=O)N2CCCCC2C)ccc1NC(=O)CCNS(=O)(=O)c1ccccc1. The molecular formula is C23H29N3O4S. The van der Waals surface area contributed by atoms with Crippen molar-refractivity contribution in [2.75, 3.05) is 18.4 Å². The maximum Gasteiger partial charge on any atom is 0.254 e. The molecule has 0 radical (unpaired) electrons. The molecule has 2 aromatic carbocycles. The minimum Gasteiger partial charge on any atom is -0.336 e. The van der Waals surface area contributed by atoms with Crippen molar-refractivity contribution in [2.45, 2.75) is 50.5 Å². The Hall–Kier alpha value is -2.71. The predicted octanol–water partition coefficient (Wildman–Crippen LogP) is 3.32. The normalized spacial score (nSPS) is 16.7. The molecule has 31 heavy (non-hydrogen) atoms. The van der Waals surface area contributed by atoms with Gasteiger partial charge in [-0.25, -0.2) is 13.1 Å². The van der Waals surface area contributed by atoms with E-state index in [1.165, 1.54) is 12.1 Å². The van der Waals surface area contributed by atoms with Gasteiger partial charge in [-0.3, -0.25) is 9.59 Å².